The molecule has 0 bridgehead atoms. The molecule has 4 rings (SSSR count). The summed E-state index contributed by atoms with van der Waals surface area (Å²) in [5.74, 6) is 0.802. The van der Waals surface area contributed by atoms with Crippen LogP contribution in [0.25, 0.3) is 0 Å². The molecule has 164 valence electrons. The number of morpholine rings is 1. The number of likely N-dealkylation sites (tertiary alicyclic amines) is 1. The van der Waals surface area contributed by atoms with E-state index in [0.29, 0.717) is 45.0 Å². The van der Waals surface area contributed by atoms with Gasteiger partial charge in [-0.05, 0) is 30.2 Å². The second-order valence-electron chi connectivity index (χ2n) is 7.95. The number of rotatable bonds is 6. The number of piperidine rings is 1. The van der Waals surface area contributed by atoms with E-state index in [1.165, 1.54) is 0 Å². The molecule has 2 aliphatic rings. The van der Waals surface area contributed by atoms with Crippen LogP contribution in [-0.4, -0.2) is 98.8 Å². The Morgan fingerprint density at radius 1 is 1.30 bits per heavy atom. The zero-order chi connectivity index (χ0) is 21.1. The molecule has 2 aliphatic heterocycles. The van der Waals surface area contributed by atoms with Crippen molar-refractivity contribution in [3.8, 4) is 0 Å². The highest BCUT2D eigenvalue weighted by atomic mass is 16.5. The monoisotopic (exact) mass is 418 g/mol. The van der Waals surface area contributed by atoms with E-state index >= 15 is 0 Å². The summed E-state index contributed by atoms with van der Waals surface area (Å²) >= 11 is 0. The average molecular weight is 419 g/mol. The first-order chi connectivity index (χ1) is 14.6. The number of ether oxygens (including phenoxy) is 2. The largest absolute Gasteiger partial charge is 0.383 e. The molecule has 11 heteroatoms. The Hall–Kier alpha value is -2.37. The topological polar surface area (TPSA) is 103 Å². The summed E-state index contributed by atoms with van der Waals surface area (Å²) in [5.41, 5.74) is 1.06. The lowest BCUT2D eigenvalue weighted by Crippen LogP contribution is -2.61. The second kappa shape index (κ2) is 8.78. The molecule has 2 aromatic rings. The lowest BCUT2D eigenvalue weighted by molar-refractivity contribution is -0.0573. The zero-order valence-electron chi connectivity index (χ0n) is 18.0. The van der Waals surface area contributed by atoms with Gasteiger partial charge in [-0.25, -0.2) is 4.68 Å². The predicted molar refractivity (Wildman–Crippen MR) is 107 cm³/mol. The molecule has 2 saturated heterocycles. The second-order valence-corrected chi connectivity index (χ2v) is 7.95. The Labute approximate surface area is 175 Å². The van der Waals surface area contributed by atoms with Gasteiger partial charge in [0, 0.05) is 46.0 Å². The number of nitrogens with zero attached hydrogens (tertiary/aromatic N) is 8. The van der Waals surface area contributed by atoms with Crippen LogP contribution in [0.2, 0.25) is 0 Å². The van der Waals surface area contributed by atoms with Crippen molar-refractivity contribution >= 4 is 5.91 Å². The van der Waals surface area contributed by atoms with Crippen LogP contribution in [0.3, 0.4) is 0 Å². The van der Waals surface area contributed by atoms with Crippen LogP contribution in [0.15, 0.2) is 6.20 Å². The van der Waals surface area contributed by atoms with Gasteiger partial charge in [-0.15, -0.1) is 5.10 Å². The SMILES string of the molecule is COCCn1nnnc1C1(N2CCOCC2)CCCN(C(=O)c2cnn(C)c2C)C1. The van der Waals surface area contributed by atoms with Crippen molar-refractivity contribution in [2.45, 2.75) is 31.8 Å². The number of amides is 1. The maximum Gasteiger partial charge on any atom is 0.257 e. The maximum absolute atomic E-state index is 13.4. The third kappa shape index (κ3) is 3.72. The first-order valence-electron chi connectivity index (χ1n) is 10.4. The van der Waals surface area contributed by atoms with Crippen LogP contribution in [0.1, 0.15) is 34.7 Å². The van der Waals surface area contributed by atoms with Gasteiger partial charge in [0.25, 0.3) is 5.91 Å². The molecule has 1 unspecified atom stereocenters. The van der Waals surface area contributed by atoms with Gasteiger partial charge in [-0.1, -0.05) is 0 Å². The summed E-state index contributed by atoms with van der Waals surface area (Å²) in [6, 6.07) is 0. The molecule has 0 aliphatic carbocycles. The minimum absolute atomic E-state index is 0.00819. The van der Waals surface area contributed by atoms with E-state index < -0.39 is 5.54 Å². The van der Waals surface area contributed by atoms with Crippen LogP contribution in [0, 0.1) is 6.92 Å². The van der Waals surface area contributed by atoms with Gasteiger partial charge in [-0.2, -0.15) is 5.10 Å². The molecule has 30 heavy (non-hydrogen) atoms. The van der Waals surface area contributed by atoms with Gasteiger partial charge in [0.1, 0.15) is 5.54 Å². The van der Waals surface area contributed by atoms with Crippen molar-refractivity contribution in [2.75, 3.05) is 53.1 Å². The highest BCUT2D eigenvalue weighted by Gasteiger charge is 2.48. The Morgan fingerprint density at radius 3 is 2.80 bits per heavy atom. The van der Waals surface area contributed by atoms with E-state index in [1.54, 1.807) is 18.0 Å². The first-order valence-corrected chi connectivity index (χ1v) is 10.4. The van der Waals surface area contributed by atoms with Crippen molar-refractivity contribution in [3.05, 3.63) is 23.3 Å². The number of aryl methyl sites for hydroxylation is 1. The molecule has 0 N–H and O–H groups in total. The normalized spacial score (nSPS) is 23.1. The third-order valence-corrected chi connectivity index (χ3v) is 6.30. The predicted octanol–water partition coefficient (Wildman–Crippen LogP) is -0.175. The van der Waals surface area contributed by atoms with E-state index in [9.17, 15) is 4.79 Å². The average Bonchev–Trinajstić information content (AvgIpc) is 3.39. The lowest BCUT2D eigenvalue weighted by atomic mass is 9.85. The van der Waals surface area contributed by atoms with Gasteiger partial charge in [-0.3, -0.25) is 14.4 Å². The minimum Gasteiger partial charge on any atom is -0.383 e. The molecule has 1 atom stereocenters. The van der Waals surface area contributed by atoms with E-state index in [1.807, 2.05) is 23.6 Å². The van der Waals surface area contributed by atoms with E-state index in [4.69, 9.17) is 9.47 Å². The van der Waals surface area contributed by atoms with Crippen molar-refractivity contribution in [3.63, 3.8) is 0 Å². The van der Waals surface area contributed by atoms with Crippen LogP contribution in [0.4, 0.5) is 0 Å². The highest BCUT2D eigenvalue weighted by molar-refractivity contribution is 5.95. The molecule has 0 spiro atoms. The smallest absolute Gasteiger partial charge is 0.257 e. The number of carbonyl (C=O) groups is 1. The fourth-order valence-corrected chi connectivity index (χ4v) is 4.53. The van der Waals surface area contributed by atoms with E-state index in [2.05, 4.69) is 25.5 Å². The minimum atomic E-state index is -0.453. The van der Waals surface area contributed by atoms with E-state index in [-0.39, 0.29) is 5.91 Å². The fraction of sp³-hybridized carbons (Fsp3) is 0.737. The van der Waals surface area contributed by atoms with Gasteiger partial charge < -0.3 is 14.4 Å². The standard InChI is InChI=1S/C19H30N8O3/c1-15-16(13-20-24(15)2)17(28)25-6-4-5-19(14-25,26-7-11-30-12-8-26)18-21-22-23-27(18)9-10-29-3/h13H,4-12,14H2,1-3H3. The molecule has 0 aromatic carbocycles. The summed E-state index contributed by atoms with van der Waals surface area (Å²) in [5, 5.41) is 16.9. The molecular weight excluding hydrogens is 388 g/mol. The number of methoxy groups -OCH3 is 1. The van der Waals surface area contributed by atoms with Gasteiger partial charge >= 0.3 is 0 Å². The van der Waals surface area contributed by atoms with E-state index in [0.717, 1.165) is 37.4 Å². The van der Waals surface area contributed by atoms with Crippen molar-refractivity contribution in [1.82, 2.24) is 39.8 Å². The van der Waals surface area contributed by atoms with Crippen LogP contribution < -0.4 is 0 Å². The maximum atomic E-state index is 13.4. The highest BCUT2D eigenvalue weighted by Crippen LogP contribution is 2.37. The molecule has 11 nitrogen and oxygen atoms in total. The van der Waals surface area contributed by atoms with Gasteiger partial charge in [0.05, 0.1) is 38.1 Å². The summed E-state index contributed by atoms with van der Waals surface area (Å²) in [6.45, 7) is 7.15. The molecule has 2 fully saturated rings. The van der Waals surface area contributed by atoms with Crippen molar-refractivity contribution < 1.29 is 14.3 Å². The van der Waals surface area contributed by atoms with Crippen molar-refractivity contribution in [2.24, 2.45) is 7.05 Å². The van der Waals surface area contributed by atoms with Crippen LogP contribution in [0.5, 0.6) is 0 Å². The lowest BCUT2D eigenvalue weighted by Gasteiger charge is -2.49. The Balaban J connectivity index is 1.68. The summed E-state index contributed by atoms with van der Waals surface area (Å²) in [4.78, 5) is 17.7. The third-order valence-electron chi connectivity index (χ3n) is 6.30. The van der Waals surface area contributed by atoms with Crippen LogP contribution in [-0.2, 0) is 28.6 Å². The summed E-state index contributed by atoms with van der Waals surface area (Å²) < 4.78 is 14.4. The number of hydrogen-bond donors (Lipinski definition) is 0. The molecule has 0 saturated carbocycles. The number of aromatic nitrogens is 6. The Kier molecular flexibility index (Phi) is 6.11. The molecular formula is C19H30N8O3. The van der Waals surface area contributed by atoms with Crippen molar-refractivity contribution in [1.29, 1.82) is 0 Å². The fourth-order valence-electron chi connectivity index (χ4n) is 4.53. The number of hydrogen-bond acceptors (Lipinski definition) is 8. The molecule has 1 amide bonds. The molecule has 0 radical (unpaired) electrons. The summed E-state index contributed by atoms with van der Waals surface area (Å²) in [6.07, 6.45) is 3.42. The zero-order valence-corrected chi connectivity index (χ0v) is 18.0. The van der Waals surface area contributed by atoms with Gasteiger partial charge in [0.15, 0.2) is 5.82 Å². The van der Waals surface area contributed by atoms with Gasteiger partial charge in [0.2, 0.25) is 0 Å². The first kappa shape index (κ1) is 20.9. The Bertz CT molecular complexity index is 875. The number of carbonyl (C=O) groups excluding carboxylic acids is 1. The molecule has 2 aromatic heterocycles. The van der Waals surface area contributed by atoms with Crippen LogP contribution >= 0.6 is 0 Å². The summed E-state index contributed by atoms with van der Waals surface area (Å²) in [7, 11) is 3.52. The number of tetrazole rings is 1. The molecule has 4 heterocycles. The quantitative estimate of drug-likeness (QED) is 0.637. The Morgan fingerprint density at radius 2 is 2.10 bits per heavy atom.